The molecule has 0 aromatic heterocycles. The number of hydrogen-bond donors (Lipinski definition) is 1. The summed E-state index contributed by atoms with van der Waals surface area (Å²) >= 11 is 1.93. The van der Waals surface area contributed by atoms with Gasteiger partial charge in [-0.1, -0.05) is 66.7 Å². The van der Waals surface area contributed by atoms with E-state index in [1.165, 1.54) is 18.0 Å². The standard InChI is InChI=1S/C29H33N2O2S/c32-29(28(24-10-4-1-5-11-24)30-25-12-6-2-7-13-25)33-27-22-31(18-16-23(27)17-19-31)20-21-34-26-14-8-3-9-15-26/h1-15,23,27-28,30H,16-22H2/q+1/t23?,27-,28?,31?/m0/s1. The van der Waals surface area contributed by atoms with Crippen molar-refractivity contribution in [2.75, 3.05) is 37.2 Å². The van der Waals surface area contributed by atoms with Crippen LogP contribution in [0.15, 0.2) is 95.9 Å². The lowest BCUT2D eigenvalue weighted by Crippen LogP contribution is -2.65. The van der Waals surface area contributed by atoms with Crippen LogP contribution in [-0.2, 0) is 9.53 Å². The highest BCUT2D eigenvalue weighted by Gasteiger charge is 2.47. The summed E-state index contributed by atoms with van der Waals surface area (Å²) in [5, 5.41) is 3.41. The molecule has 6 rings (SSSR count). The van der Waals surface area contributed by atoms with Crippen molar-refractivity contribution in [3.05, 3.63) is 96.6 Å². The monoisotopic (exact) mass is 473 g/mol. The molecule has 0 saturated carbocycles. The molecular formula is C29H33N2O2S+. The van der Waals surface area contributed by atoms with E-state index in [0.29, 0.717) is 5.92 Å². The summed E-state index contributed by atoms with van der Waals surface area (Å²) < 4.78 is 7.36. The first-order valence-electron chi connectivity index (χ1n) is 12.3. The number of quaternary nitrogens is 1. The van der Waals surface area contributed by atoms with Gasteiger partial charge in [0.15, 0.2) is 12.1 Å². The van der Waals surface area contributed by atoms with Gasteiger partial charge in [0, 0.05) is 35.1 Å². The van der Waals surface area contributed by atoms with Crippen molar-refractivity contribution in [3.63, 3.8) is 0 Å². The van der Waals surface area contributed by atoms with Crippen LogP contribution in [0.3, 0.4) is 0 Å². The molecule has 2 atom stereocenters. The van der Waals surface area contributed by atoms with Crippen molar-refractivity contribution in [3.8, 4) is 0 Å². The van der Waals surface area contributed by atoms with Gasteiger partial charge in [-0.05, 0) is 29.8 Å². The second kappa shape index (κ2) is 10.7. The van der Waals surface area contributed by atoms with Gasteiger partial charge in [0.25, 0.3) is 0 Å². The number of rotatable bonds is 9. The quantitative estimate of drug-likeness (QED) is 0.243. The third-order valence-corrected chi connectivity index (χ3v) is 8.33. The molecule has 34 heavy (non-hydrogen) atoms. The average Bonchev–Trinajstić information content (AvgIpc) is 2.89. The van der Waals surface area contributed by atoms with Crippen LogP contribution in [0.4, 0.5) is 5.69 Å². The number of anilines is 1. The number of nitrogens with one attached hydrogen (secondary N) is 1. The van der Waals surface area contributed by atoms with Crippen LogP contribution in [0.25, 0.3) is 0 Å². The SMILES string of the molecule is O=C(O[C@H]1C[N+]2(CCSc3ccccc3)CCC1CC2)C(Nc1ccccc1)c1ccccc1. The molecule has 176 valence electrons. The van der Waals surface area contributed by atoms with E-state index in [1.807, 2.05) is 72.4 Å². The zero-order chi connectivity index (χ0) is 23.2. The molecule has 3 aromatic rings. The van der Waals surface area contributed by atoms with Crippen molar-refractivity contribution >= 4 is 23.4 Å². The number of thioether (sulfide) groups is 1. The molecule has 1 unspecified atom stereocenters. The number of hydrogen-bond acceptors (Lipinski definition) is 4. The maximum atomic E-state index is 13.5. The Bertz CT molecular complexity index is 1050. The fraction of sp³-hybridized carbons (Fsp3) is 0.345. The largest absolute Gasteiger partial charge is 0.454 e. The molecule has 3 aromatic carbocycles. The predicted molar refractivity (Wildman–Crippen MR) is 139 cm³/mol. The molecule has 5 heteroatoms. The third kappa shape index (κ3) is 5.48. The average molecular weight is 474 g/mol. The van der Waals surface area contributed by atoms with Crippen molar-refractivity contribution in [2.24, 2.45) is 5.92 Å². The first-order chi connectivity index (χ1) is 16.7. The Hall–Kier alpha value is -2.76. The van der Waals surface area contributed by atoms with E-state index in [0.717, 1.165) is 47.4 Å². The number of ether oxygens (including phenoxy) is 1. The number of carbonyl (C=O) groups is 1. The van der Waals surface area contributed by atoms with Crippen LogP contribution in [0, 0.1) is 5.92 Å². The third-order valence-electron chi connectivity index (χ3n) is 7.34. The molecule has 3 aliphatic heterocycles. The summed E-state index contributed by atoms with van der Waals surface area (Å²) in [6, 6.07) is 29.9. The number of carbonyl (C=O) groups excluding carboxylic acids is 1. The van der Waals surface area contributed by atoms with Crippen molar-refractivity contribution in [1.82, 2.24) is 0 Å². The zero-order valence-corrected chi connectivity index (χ0v) is 20.3. The summed E-state index contributed by atoms with van der Waals surface area (Å²) in [6.45, 7) is 4.49. The van der Waals surface area contributed by atoms with E-state index in [9.17, 15) is 4.79 Å². The fourth-order valence-corrected chi connectivity index (χ4v) is 6.45. The maximum absolute atomic E-state index is 13.5. The second-order valence-electron chi connectivity index (χ2n) is 9.52. The minimum absolute atomic E-state index is 0.000473. The molecule has 2 bridgehead atoms. The minimum atomic E-state index is -0.513. The first-order valence-corrected chi connectivity index (χ1v) is 13.3. The zero-order valence-electron chi connectivity index (χ0n) is 19.5. The van der Waals surface area contributed by atoms with Gasteiger partial charge in [-0.15, -0.1) is 11.8 Å². The highest BCUT2D eigenvalue weighted by Crippen LogP contribution is 2.37. The summed E-state index contributed by atoms with van der Waals surface area (Å²) in [5.74, 6) is 1.40. The number of esters is 1. The van der Waals surface area contributed by atoms with E-state index in [-0.39, 0.29) is 12.1 Å². The Morgan fingerprint density at radius 2 is 1.53 bits per heavy atom. The predicted octanol–water partition coefficient (Wildman–Crippen LogP) is 5.78. The lowest BCUT2D eigenvalue weighted by molar-refractivity contribution is -0.943. The van der Waals surface area contributed by atoms with Gasteiger partial charge >= 0.3 is 5.97 Å². The fourth-order valence-electron chi connectivity index (χ4n) is 5.39. The van der Waals surface area contributed by atoms with E-state index in [4.69, 9.17) is 4.74 Å². The van der Waals surface area contributed by atoms with Crippen LogP contribution in [0.2, 0.25) is 0 Å². The van der Waals surface area contributed by atoms with Gasteiger partial charge < -0.3 is 14.5 Å². The molecule has 3 aliphatic rings. The van der Waals surface area contributed by atoms with Crippen LogP contribution < -0.4 is 5.32 Å². The Kier molecular flexibility index (Phi) is 7.21. The molecule has 1 N–H and O–H groups in total. The number of para-hydroxylation sites is 1. The van der Waals surface area contributed by atoms with Crippen LogP contribution in [0.1, 0.15) is 24.4 Å². The van der Waals surface area contributed by atoms with Crippen LogP contribution in [0.5, 0.6) is 0 Å². The normalized spacial score (nSPS) is 24.4. The highest BCUT2D eigenvalue weighted by atomic mass is 32.2. The lowest BCUT2D eigenvalue weighted by Gasteiger charge is -2.52. The summed E-state index contributed by atoms with van der Waals surface area (Å²) in [7, 11) is 0. The smallest absolute Gasteiger partial charge is 0.333 e. The van der Waals surface area contributed by atoms with Crippen molar-refractivity contribution in [2.45, 2.75) is 29.9 Å². The van der Waals surface area contributed by atoms with Gasteiger partial charge in [-0.25, -0.2) is 4.79 Å². The molecule has 3 fully saturated rings. The van der Waals surface area contributed by atoms with E-state index < -0.39 is 6.04 Å². The number of fused-ring (bicyclic) bond motifs is 3. The highest BCUT2D eigenvalue weighted by molar-refractivity contribution is 7.99. The lowest BCUT2D eigenvalue weighted by atomic mass is 9.83. The number of nitrogens with zero attached hydrogens (tertiary/aromatic N) is 1. The molecular weight excluding hydrogens is 440 g/mol. The van der Waals surface area contributed by atoms with Gasteiger partial charge in [-0.2, -0.15) is 0 Å². The van der Waals surface area contributed by atoms with Gasteiger partial charge in [0.1, 0.15) is 6.54 Å². The summed E-state index contributed by atoms with van der Waals surface area (Å²) in [6.07, 6.45) is 2.30. The molecule has 0 spiro atoms. The Morgan fingerprint density at radius 3 is 2.21 bits per heavy atom. The maximum Gasteiger partial charge on any atom is 0.333 e. The Balaban J connectivity index is 1.25. The molecule has 4 nitrogen and oxygen atoms in total. The van der Waals surface area contributed by atoms with E-state index >= 15 is 0 Å². The Morgan fingerprint density at radius 1 is 0.912 bits per heavy atom. The molecule has 3 saturated heterocycles. The molecule has 0 aliphatic carbocycles. The minimum Gasteiger partial charge on any atom is -0.454 e. The molecule has 0 amide bonds. The van der Waals surface area contributed by atoms with Crippen LogP contribution >= 0.6 is 11.8 Å². The number of piperidine rings is 3. The van der Waals surface area contributed by atoms with E-state index in [1.54, 1.807) is 0 Å². The molecule has 0 radical (unpaired) electrons. The van der Waals surface area contributed by atoms with E-state index in [2.05, 4.69) is 35.6 Å². The van der Waals surface area contributed by atoms with Gasteiger partial charge in [0.05, 0.1) is 19.6 Å². The van der Waals surface area contributed by atoms with Crippen LogP contribution in [-0.4, -0.2) is 48.5 Å². The topological polar surface area (TPSA) is 38.3 Å². The first kappa shape index (κ1) is 23.0. The van der Waals surface area contributed by atoms with Gasteiger partial charge in [0.2, 0.25) is 0 Å². The van der Waals surface area contributed by atoms with Gasteiger partial charge in [-0.3, -0.25) is 0 Å². The number of benzene rings is 3. The Labute approximate surface area is 206 Å². The summed E-state index contributed by atoms with van der Waals surface area (Å²) in [4.78, 5) is 14.8. The van der Waals surface area contributed by atoms with Crippen molar-refractivity contribution < 1.29 is 14.0 Å². The summed E-state index contributed by atoms with van der Waals surface area (Å²) in [5.41, 5.74) is 1.85. The molecule has 3 heterocycles. The second-order valence-corrected chi connectivity index (χ2v) is 10.7. The van der Waals surface area contributed by atoms with Crippen molar-refractivity contribution in [1.29, 1.82) is 0 Å².